The number of likely N-dealkylation sites (N-methyl/N-ethyl adjacent to an activating group) is 1. The van der Waals surface area contributed by atoms with Crippen molar-refractivity contribution in [2.75, 3.05) is 46.3 Å². The smallest absolute Gasteiger partial charge is 0.256 e. The van der Waals surface area contributed by atoms with Gasteiger partial charge in [0.05, 0.1) is 5.56 Å². The Morgan fingerprint density at radius 3 is 2.74 bits per heavy atom. The van der Waals surface area contributed by atoms with Crippen molar-refractivity contribution in [2.45, 2.75) is 0 Å². The highest BCUT2D eigenvalue weighted by atomic mass is 19.1. The third-order valence-corrected chi connectivity index (χ3v) is 3.41. The summed E-state index contributed by atoms with van der Waals surface area (Å²) in [6.45, 7) is 5.44. The molecule has 1 fully saturated rings. The second-order valence-corrected chi connectivity index (χ2v) is 4.80. The van der Waals surface area contributed by atoms with Crippen LogP contribution in [0.5, 0.6) is 0 Å². The van der Waals surface area contributed by atoms with Gasteiger partial charge in [0.15, 0.2) is 0 Å². The number of halogens is 1. The molecule has 104 valence electrons. The van der Waals surface area contributed by atoms with E-state index >= 15 is 0 Å². The van der Waals surface area contributed by atoms with Crippen LogP contribution in [0.4, 0.5) is 4.39 Å². The van der Waals surface area contributed by atoms with Crippen molar-refractivity contribution >= 4 is 5.91 Å². The Bertz CT molecular complexity index is 432. The molecule has 19 heavy (non-hydrogen) atoms. The molecule has 1 aliphatic rings. The molecule has 0 aromatic heterocycles. The second kappa shape index (κ2) is 6.63. The van der Waals surface area contributed by atoms with Gasteiger partial charge in [-0.2, -0.15) is 0 Å². The predicted octanol–water partition coefficient (Wildman–Crippen LogP) is 0.803. The van der Waals surface area contributed by atoms with E-state index in [2.05, 4.69) is 10.2 Å². The fourth-order valence-corrected chi connectivity index (χ4v) is 2.17. The van der Waals surface area contributed by atoms with E-state index in [0.717, 1.165) is 32.7 Å². The quantitative estimate of drug-likeness (QED) is 0.875. The van der Waals surface area contributed by atoms with E-state index in [1.54, 1.807) is 24.1 Å². The van der Waals surface area contributed by atoms with Gasteiger partial charge in [-0.3, -0.25) is 9.69 Å². The maximum atomic E-state index is 13.5. The first kappa shape index (κ1) is 14.0. The summed E-state index contributed by atoms with van der Waals surface area (Å²) in [5.41, 5.74) is 0.144. The van der Waals surface area contributed by atoms with Crippen LogP contribution in [0.3, 0.4) is 0 Å². The van der Waals surface area contributed by atoms with Gasteiger partial charge in [-0.25, -0.2) is 4.39 Å². The minimum absolute atomic E-state index is 0.144. The molecule has 0 unspecified atom stereocenters. The van der Waals surface area contributed by atoms with E-state index in [9.17, 15) is 9.18 Å². The molecule has 0 spiro atoms. The molecule has 1 saturated heterocycles. The Hall–Kier alpha value is -1.46. The highest BCUT2D eigenvalue weighted by Gasteiger charge is 2.17. The van der Waals surface area contributed by atoms with Crippen molar-refractivity contribution < 1.29 is 9.18 Å². The molecule has 0 aliphatic carbocycles. The molecule has 5 heteroatoms. The molecule has 0 bridgehead atoms. The Morgan fingerprint density at radius 2 is 2.05 bits per heavy atom. The van der Waals surface area contributed by atoms with Crippen LogP contribution in [0.1, 0.15) is 10.4 Å². The Labute approximate surface area is 113 Å². The SMILES string of the molecule is CN(CCN1CCNCC1)C(=O)c1ccccc1F. The number of benzene rings is 1. The fraction of sp³-hybridized carbons (Fsp3) is 0.500. The monoisotopic (exact) mass is 265 g/mol. The zero-order chi connectivity index (χ0) is 13.7. The van der Waals surface area contributed by atoms with Gasteiger partial charge in [0.1, 0.15) is 5.82 Å². The van der Waals surface area contributed by atoms with E-state index in [0.29, 0.717) is 6.54 Å². The molecular weight excluding hydrogens is 245 g/mol. The molecule has 1 aromatic rings. The van der Waals surface area contributed by atoms with Gasteiger partial charge in [0.2, 0.25) is 0 Å². The van der Waals surface area contributed by atoms with Crippen LogP contribution < -0.4 is 5.32 Å². The minimum Gasteiger partial charge on any atom is -0.340 e. The molecule has 4 nitrogen and oxygen atoms in total. The van der Waals surface area contributed by atoms with E-state index < -0.39 is 5.82 Å². The Balaban J connectivity index is 1.87. The maximum absolute atomic E-state index is 13.5. The average Bonchev–Trinajstić information content (AvgIpc) is 2.45. The minimum atomic E-state index is -0.457. The summed E-state index contributed by atoms with van der Waals surface area (Å²) in [5, 5.41) is 3.29. The molecular formula is C14H20FN3O. The number of rotatable bonds is 4. The van der Waals surface area contributed by atoms with Crippen molar-refractivity contribution in [3.8, 4) is 0 Å². The number of carbonyl (C=O) groups is 1. The van der Waals surface area contributed by atoms with Crippen LogP contribution in [0, 0.1) is 5.82 Å². The van der Waals surface area contributed by atoms with Crippen molar-refractivity contribution in [1.82, 2.24) is 15.1 Å². The normalized spacial score (nSPS) is 16.3. The Morgan fingerprint density at radius 1 is 1.37 bits per heavy atom. The number of nitrogens with one attached hydrogen (secondary N) is 1. The number of carbonyl (C=O) groups excluding carboxylic acids is 1. The first-order valence-electron chi connectivity index (χ1n) is 6.61. The van der Waals surface area contributed by atoms with E-state index in [1.165, 1.54) is 12.1 Å². The van der Waals surface area contributed by atoms with Crippen LogP contribution in [-0.2, 0) is 0 Å². The highest BCUT2D eigenvalue weighted by Crippen LogP contribution is 2.09. The van der Waals surface area contributed by atoms with Crippen molar-refractivity contribution in [1.29, 1.82) is 0 Å². The fourth-order valence-electron chi connectivity index (χ4n) is 2.17. The third kappa shape index (κ3) is 3.75. The van der Waals surface area contributed by atoms with Crippen molar-refractivity contribution in [2.24, 2.45) is 0 Å². The summed E-state index contributed by atoms with van der Waals surface area (Å²) in [6.07, 6.45) is 0. The molecule has 0 radical (unpaired) electrons. The summed E-state index contributed by atoms with van der Waals surface area (Å²) >= 11 is 0. The molecule has 0 atom stereocenters. The van der Waals surface area contributed by atoms with Gasteiger partial charge in [0.25, 0.3) is 5.91 Å². The average molecular weight is 265 g/mol. The zero-order valence-corrected chi connectivity index (χ0v) is 11.2. The van der Waals surface area contributed by atoms with Crippen LogP contribution in [0.15, 0.2) is 24.3 Å². The standard InChI is InChI=1S/C14H20FN3O/c1-17(10-11-18-8-6-16-7-9-18)14(19)12-4-2-3-5-13(12)15/h2-5,16H,6-11H2,1H3. The highest BCUT2D eigenvalue weighted by molar-refractivity contribution is 5.94. The van der Waals surface area contributed by atoms with Gasteiger partial charge < -0.3 is 10.2 Å². The largest absolute Gasteiger partial charge is 0.340 e. The van der Waals surface area contributed by atoms with Crippen LogP contribution >= 0.6 is 0 Å². The molecule has 0 saturated carbocycles. The number of piperazine rings is 1. The second-order valence-electron chi connectivity index (χ2n) is 4.80. The number of nitrogens with zero attached hydrogens (tertiary/aromatic N) is 2. The van der Waals surface area contributed by atoms with E-state index in [4.69, 9.17) is 0 Å². The zero-order valence-electron chi connectivity index (χ0n) is 11.2. The molecule has 1 amide bonds. The maximum Gasteiger partial charge on any atom is 0.256 e. The van der Waals surface area contributed by atoms with Gasteiger partial charge in [-0.15, -0.1) is 0 Å². The van der Waals surface area contributed by atoms with Crippen LogP contribution in [-0.4, -0.2) is 62.0 Å². The topological polar surface area (TPSA) is 35.6 Å². The lowest BCUT2D eigenvalue weighted by Gasteiger charge is -2.29. The number of amides is 1. The summed E-state index contributed by atoms with van der Waals surface area (Å²) in [6, 6.07) is 6.11. The molecule has 1 aromatic carbocycles. The molecule has 1 N–H and O–H groups in total. The number of hydrogen-bond donors (Lipinski definition) is 1. The summed E-state index contributed by atoms with van der Waals surface area (Å²) in [4.78, 5) is 16.0. The van der Waals surface area contributed by atoms with Crippen molar-refractivity contribution in [3.63, 3.8) is 0 Å². The summed E-state index contributed by atoms with van der Waals surface area (Å²) in [7, 11) is 1.72. The lowest BCUT2D eigenvalue weighted by molar-refractivity contribution is 0.0770. The van der Waals surface area contributed by atoms with E-state index in [1.807, 2.05) is 0 Å². The van der Waals surface area contributed by atoms with Gasteiger partial charge in [-0.1, -0.05) is 12.1 Å². The predicted molar refractivity (Wildman–Crippen MR) is 72.7 cm³/mol. The van der Waals surface area contributed by atoms with Gasteiger partial charge in [0, 0.05) is 46.3 Å². The summed E-state index contributed by atoms with van der Waals surface area (Å²) < 4.78 is 13.5. The molecule has 2 rings (SSSR count). The number of hydrogen-bond acceptors (Lipinski definition) is 3. The van der Waals surface area contributed by atoms with Gasteiger partial charge in [-0.05, 0) is 12.1 Å². The van der Waals surface area contributed by atoms with Gasteiger partial charge >= 0.3 is 0 Å². The summed E-state index contributed by atoms with van der Waals surface area (Å²) in [5.74, 6) is -0.713. The third-order valence-electron chi connectivity index (χ3n) is 3.41. The first-order valence-corrected chi connectivity index (χ1v) is 6.61. The van der Waals surface area contributed by atoms with Crippen LogP contribution in [0.25, 0.3) is 0 Å². The van der Waals surface area contributed by atoms with E-state index in [-0.39, 0.29) is 11.5 Å². The Kier molecular flexibility index (Phi) is 4.87. The molecule has 1 aliphatic heterocycles. The van der Waals surface area contributed by atoms with Crippen LogP contribution in [0.2, 0.25) is 0 Å². The lowest BCUT2D eigenvalue weighted by Crippen LogP contribution is -2.46. The first-order chi connectivity index (χ1) is 9.18. The van der Waals surface area contributed by atoms with Crippen molar-refractivity contribution in [3.05, 3.63) is 35.6 Å². The lowest BCUT2D eigenvalue weighted by atomic mass is 10.2. The molecule has 1 heterocycles.